The number of carbonyl (C=O) groups excluding carboxylic acids is 1. The minimum atomic E-state index is -0.00391. The minimum Gasteiger partial charge on any atom is -0.340 e. The summed E-state index contributed by atoms with van der Waals surface area (Å²) in [6.07, 6.45) is 4.64. The van der Waals surface area contributed by atoms with Gasteiger partial charge in [0.05, 0.1) is 0 Å². The van der Waals surface area contributed by atoms with E-state index >= 15 is 0 Å². The number of nitrogens with zero attached hydrogens (tertiary/aromatic N) is 3. The van der Waals surface area contributed by atoms with Gasteiger partial charge in [-0.1, -0.05) is 32.0 Å². The molecular formula is C19H24N4O. The van der Waals surface area contributed by atoms with Crippen molar-refractivity contribution in [3.63, 3.8) is 0 Å². The average Bonchev–Trinajstić information content (AvgIpc) is 2.62. The molecular weight excluding hydrogens is 300 g/mol. The van der Waals surface area contributed by atoms with Gasteiger partial charge >= 0.3 is 0 Å². The van der Waals surface area contributed by atoms with Gasteiger partial charge in [0.25, 0.3) is 5.91 Å². The molecule has 1 aromatic heterocycles. The fourth-order valence-electron chi connectivity index (χ4n) is 3.17. The van der Waals surface area contributed by atoms with E-state index in [0.29, 0.717) is 17.4 Å². The number of benzene rings is 1. The molecule has 24 heavy (non-hydrogen) atoms. The molecule has 1 amide bonds. The van der Waals surface area contributed by atoms with Crippen LogP contribution in [-0.4, -0.2) is 33.9 Å². The predicted octanol–water partition coefficient (Wildman–Crippen LogP) is 3.65. The lowest BCUT2D eigenvalue weighted by Crippen LogP contribution is -2.39. The average molecular weight is 324 g/mol. The molecule has 1 aromatic carbocycles. The number of aromatic nitrogens is 2. The van der Waals surface area contributed by atoms with E-state index in [-0.39, 0.29) is 5.91 Å². The normalized spacial score (nSPS) is 17.6. The number of anilines is 2. The lowest BCUT2D eigenvalue weighted by atomic mass is 10.00. The Labute approximate surface area is 143 Å². The van der Waals surface area contributed by atoms with Gasteiger partial charge in [-0.2, -0.15) is 0 Å². The molecule has 1 saturated heterocycles. The predicted molar refractivity (Wildman–Crippen MR) is 95.4 cm³/mol. The van der Waals surface area contributed by atoms with E-state index in [9.17, 15) is 4.79 Å². The second-order valence-corrected chi connectivity index (χ2v) is 6.42. The molecule has 0 radical (unpaired) electrons. The summed E-state index contributed by atoms with van der Waals surface area (Å²) in [5.74, 6) is 1.20. The summed E-state index contributed by atoms with van der Waals surface area (Å²) in [6, 6.07) is 9.87. The highest BCUT2D eigenvalue weighted by Gasteiger charge is 2.23. The molecule has 0 saturated carbocycles. The topological polar surface area (TPSA) is 58.1 Å². The lowest BCUT2D eigenvalue weighted by Gasteiger charge is -2.30. The fraction of sp³-hybridized carbons (Fsp3) is 0.421. The van der Waals surface area contributed by atoms with Crippen LogP contribution in [0.15, 0.2) is 36.7 Å². The van der Waals surface area contributed by atoms with Gasteiger partial charge in [-0.05, 0) is 36.8 Å². The molecule has 1 unspecified atom stereocenters. The number of para-hydroxylation sites is 1. The SMILES string of the molecule is CCc1ccccc1Nc1cc(C(=O)N2CCCC(C)C2)ncn1. The number of aryl methyl sites for hydroxylation is 1. The summed E-state index contributed by atoms with van der Waals surface area (Å²) in [6.45, 7) is 5.93. The van der Waals surface area contributed by atoms with E-state index in [4.69, 9.17) is 0 Å². The molecule has 3 rings (SSSR count). The van der Waals surface area contributed by atoms with Crippen LogP contribution in [0, 0.1) is 5.92 Å². The first-order chi connectivity index (χ1) is 11.7. The Kier molecular flexibility index (Phi) is 5.08. The monoisotopic (exact) mass is 324 g/mol. The van der Waals surface area contributed by atoms with Crippen LogP contribution in [-0.2, 0) is 6.42 Å². The van der Waals surface area contributed by atoms with Crippen molar-refractivity contribution in [1.82, 2.24) is 14.9 Å². The summed E-state index contributed by atoms with van der Waals surface area (Å²) < 4.78 is 0. The summed E-state index contributed by atoms with van der Waals surface area (Å²) >= 11 is 0. The summed E-state index contributed by atoms with van der Waals surface area (Å²) in [4.78, 5) is 23.0. The van der Waals surface area contributed by atoms with E-state index in [1.165, 1.54) is 18.3 Å². The lowest BCUT2D eigenvalue weighted by molar-refractivity contribution is 0.0677. The molecule has 1 fully saturated rings. The van der Waals surface area contributed by atoms with Crippen molar-refractivity contribution < 1.29 is 4.79 Å². The number of hydrogen-bond donors (Lipinski definition) is 1. The number of hydrogen-bond acceptors (Lipinski definition) is 4. The van der Waals surface area contributed by atoms with E-state index in [0.717, 1.165) is 31.6 Å². The van der Waals surface area contributed by atoms with Crippen LogP contribution in [0.25, 0.3) is 0 Å². The van der Waals surface area contributed by atoms with Crippen LogP contribution in [0.1, 0.15) is 42.7 Å². The highest BCUT2D eigenvalue weighted by molar-refractivity contribution is 5.93. The smallest absolute Gasteiger partial charge is 0.272 e. The number of amides is 1. The van der Waals surface area contributed by atoms with Gasteiger partial charge in [0.15, 0.2) is 0 Å². The Bertz CT molecular complexity index is 716. The Morgan fingerprint density at radius 3 is 2.96 bits per heavy atom. The van der Waals surface area contributed by atoms with Crippen molar-refractivity contribution in [2.24, 2.45) is 5.92 Å². The van der Waals surface area contributed by atoms with E-state index < -0.39 is 0 Å². The highest BCUT2D eigenvalue weighted by atomic mass is 16.2. The standard InChI is InChI=1S/C19H24N4O/c1-3-15-8-4-5-9-16(15)22-18-11-17(20-13-21-18)19(24)23-10-6-7-14(2)12-23/h4-5,8-9,11,13-14H,3,6-7,10,12H2,1-2H3,(H,20,21,22). The van der Waals surface area contributed by atoms with Gasteiger partial charge in [-0.25, -0.2) is 9.97 Å². The highest BCUT2D eigenvalue weighted by Crippen LogP contribution is 2.21. The zero-order valence-corrected chi connectivity index (χ0v) is 14.3. The van der Waals surface area contributed by atoms with Crippen molar-refractivity contribution in [3.8, 4) is 0 Å². The zero-order valence-electron chi connectivity index (χ0n) is 14.3. The molecule has 2 heterocycles. The van der Waals surface area contributed by atoms with Gasteiger partial charge in [0.2, 0.25) is 0 Å². The number of nitrogens with one attached hydrogen (secondary N) is 1. The van der Waals surface area contributed by atoms with Gasteiger partial charge in [-0.15, -0.1) is 0 Å². The van der Waals surface area contributed by atoms with Crippen molar-refractivity contribution in [1.29, 1.82) is 0 Å². The van der Waals surface area contributed by atoms with Gasteiger partial charge < -0.3 is 10.2 Å². The van der Waals surface area contributed by atoms with Gasteiger partial charge in [0.1, 0.15) is 17.8 Å². The third-order valence-corrected chi connectivity index (χ3v) is 4.49. The Morgan fingerprint density at radius 1 is 1.33 bits per heavy atom. The maximum absolute atomic E-state index is 12.7. The molecule has 126 valence electrons. The maximum atomic E-state index is 12.7. The molecule has 5 nitrogen and oxygen atoms in total. The third-order valence-electron chi connectivity index (χ3n) is 4.49. The van der Waals surface area contributed by atoms with Crippen molar-refractivity contribution in [3.05, 3.63) is 47.9 Å². The Balaban J connectivity index is 1.77. The third kappa shape index (κ3) is 3.72. The van der Waals surface area contributed by atoms with E-state index in [2.05, 4.69) is 35.2 Å². The van der Waals surface area contributed by atoms with Crippen LogP contribution in [0.5, 0.6) is 0 Å². The Morgan fingerprint density at radius 2 is 2.17 bits per heavy atom. The largest absolute Gasteiger partial charge is 0.340 e. The number of carbonyl (C=O) groups is 1. The summed E-state index contributed by atoms with van der Waals surface area (Å²) in [5.41, 5.74) is 2.69. The summed E-state index contributed by atoms with van der Waals surface area (Å²) in [7, 11) is 0. The number of likely N-dealkylation sites (tertiary alicyclic amines) is 1. The second-order valence-electron chi connectivity index (χ2n) is 6.42. The van der Waals surface area contributed by atoms with E-state index in [1.807, 2.05) is 23.1 Å². The second kappa shape index (κ2) is 7.43. The number of rotatable bonds is 4. The molecule has 0 aliphatic carbocycles. The summed E-state index contributed by atoms with van der Waals surface area (Å²) in [5, 5.41) is 3.31. The minimum absolute atomic E-state index is 0.00391. The molecule has 1 aliphatic rings. The fourth-order valence-corrected chi connectivity index (χ4v) is 3.17. The first-order valence-electron chi connectivity index (χ1n) is 8.63. The van der Waals surface area contributed by atoms with Crippen molar-refractivity contribution in [2.75, 3.05) is 18.4 Å². The van der Waals surface area contributed by atoms with Gasteiger partial charge in [0, 0.05) is 24.8 Å². The molecule has 1 atom stereocenters. The van der Waals surface area contributed by atoms with Crippen LogP contribution < -0.4 is 5.32 Å². The first kappa shape index (κ1) is 16.4. The molecule has 1 N–H and O–H groups in total. The van der Waals surface area contributed by atoms with Crippen LogP contribution in [0.2, 0.25) is 0 Å². The Hall–Kier alpha value is -2.43. The molecule has 0 bridgehead atoms. The quantitative estimate of drug-likeness (QED) is 0.932. The van der Waals surface area contributed by atoms with Crippen molar-refractivity contribution in [2.45, 2.75) is 33.1 Å². The van der Waals surface area contributed by atoms with Crippen LogP contribution in [0.4, 0.5) is 11.5 Å². The zero-order chi connectivity index (χ0) is 16.9. The van der Waals surface area contributed by atoms with Crippen molar-refractivity contribution >= 4 is 17.4 Å². The van der Waals surface area contributed by atoms with Crippen LogP contribution in [0.3, 0.4) is 0 Å². The molecule has 0 spiro atoms. The molecule has 1 aliphatic heterocycles. The van der Waals surface area contributed by atoms with Gasteiger partial charge in [-0.3, -0.25) is 4.79 Å². The van der Waals surface area contributed by atoms with E-state index in [1.54, 1.807) is 6.07 Å². The maximum Gasteiger partial charge on any atom is 0.272 e. The van der Waals surface area contributed by atoms with Crippen LogP contribution >= 0.6 is 0 Å². The molecule has 2 aromatic rings. The molecule has 5 heteroatoms. The number of piperidine rings is 1. The first-order valence-corrected chi connectivity index (χ1v) is 8.63.